The van der Waals surface area contributed by atoms with Crippen LogP contribution in [-0.2, 0) is 6.42 Å². The molecule has 130 valence electrons. The van der Waals surface area contributed by atoms with E-state index in [1.54, 1.807) is 11.7 Å². The fourth-order valence-corrected chi connectivity index (χ4v) is 3.33. The third-order valence-electron chi connectivity index (χ3n) is 4.25. The van der Waals surface area contributed by atoms with Crippen LogP contribution in [-0.4, -0.2) is 43.1 Å². The topological polar surface area (TPSA) is 34.5 Å². The molecule has 0 saturated heterocycles. The second-order valence-corrected chi connectivity index (χ2v) is 7.10. The van der Waals surface area contributed by atoms with Crippen LogP contribution in [0.2, 0.25) is 0 Å². The average Bonchev–Trinajstić information content (AvgIpc) is 2.97. The van der Waals surface area contributed by atoms with Crippen LogP contribution in [0.3, 0.4) is 0 Å². The van der Waals surface area contributed by atoms with Gasteiger partial charge in [-0.15, -0.1) is 0 Å². The molecule has 4 nitrogen and oxygen atoms in total. The van der Waals surface area contributed by atoms with E-state index >= 15 is 0 Å². The summed E-state index contributed by atoms with van der Waals surface area (Å²) in [5.41, 5.74) is 2.69. The molecule has 0 amide bonds. The van der Waals surface area contributed by atoms with Gasteiger partial charge in [-0.2, -0.15) is 0 Å². The molecule has 0 spiro atoms. The number of carbonyl (C=O) groups excluding carboxylic acids is 1. The third kappa shape index (κ3) is 3.62. The molecule has 5 heteroatoms. The number of carbonyl (C=O) groups is 1. The van der Waals surface area contributed by atoms with Crippen molar-refractivity contribution < 1.29 is 9.53 Å². The molecule has 0 fully saturated rings. The van der Waals surface area contributed by atoms with Gasteiger partial charge in [-0.05, 0) is 72.3 Å². The van der Waals surface area contributed by atoms with E-state index in [4.69, 9.17) is 4.74 Å². The number of aromatic nitrogens is 1. The largest absolute Gasteiger partial charge is 0.497 e. The van der Waals surface area contributed by atoms with E-state index in [1.165, 1.54) is 0 Å². The zero-order chi connectivity index (χ0) is 18.0. The van der Waals surface area contributed by atoms with Gasteiger partial charge in [0.05, 0.1) is 18.2 Å². The number of likely N-dealkylation sites (N-methyl/N-ethyl adjacent to an activating group) is 1. The lowest BCUT2D eigenvalue weighted by molar-refractivity contribution is 0.0964. The van der Waals surface area contributed by atoms with Gasteiger partial charge in [0.1, 0.15) is 5.75 Å². The SMILES string of the molecule is COc1ccc2c(c1)c(CCN(C)C)cn2C(=O)c1ccccc1Br. The van der Waals surface area contributed by atoms with E-state index < -0.39 is 0 Å². The van der Waals surface area contributed by atoms with Crippen LogP contribution < -0.4 is 4.74 Å². The molecule has 25 heavy (non-hydrogen) atoms. The summed E-state index contributed by atoms with van der Waals surface area (Å²) in [6.45, 7) is 0.916. The van der Waals surface area contributed by atoms with Crippen LogP contribution >= 0.6 is 15.9 Å². The Hall–Kier alpha value is -2.11. The maximum absolute atomic E-state index is 13.1. The van der Waals surface area contributed by atoms with Gasteiger partial charge < -0.3 is 9.64 Å². The Labute approximate surface area is 156 Å². The van der Waals surface area contributed by atoms with Crippen LogP contribution in [0.1, 0.15) is 15.9 Å². The summed E-state index contributed by atoms with van der Waals surface area (Å²) < 4.78 is 7.90. The number of benzene rings is 2. The number of fused-ring (bicyclic) bond motifs is 1. The number of halogens is 1. The molecule has 2 aromatic carbocycles. The van der Waals surface area contributed by atoms with Crippen LogP contribution in [0, 0.1) is 0 Å². The van der Waals surface area contributed by atoms with E-state index in [0.29, 0.717) is 5.56 Å². The zero-order valence-corrected chi connectivity index (χ0v) is 16.2. The molecule has 0 bridgehead atoms. The Morgan fingerprint density at radius 3 is 2.64 bits per heavy atom. The van der Waals surface area contributed by atoms with E-state index in [-0.39, 0.29) is 5.91 Å². The summed E-state index contributed by atoms with van der Waals surface area (Å²) in [5.74, 6) is 0.753. The van der Waals surface area contributed by atoms with Gasteiger partial charge >= 0.3 is 0 Å². The van der Waals surface area contributed by atoms with Gasteiger partial charge in [-0.25, -0.2) is 0 Å². The molecule has 0 atom stereocenters. The highest BCUT2D eigenvalue weighted by atomic mass is 79.9. The first-order valence-corrected chi connectivity index (χ1v) is 8.92. The maximum atomic E-state index is 13.1. The van der Waals surface area contributed by atoms with Crippen LogP contribution in [0.5, 0.6) is 5.75 Å². The molecule has 0 saturated carbocycles. The van der Waals surface area contributed by atoms with Crippen molar-refractivity contribution in [3.63, 3.8) is 0 Å². The molecule has 0 unspecified atom stereocenters. The van der Waals surface area contributed by atoms with Gasteiger partial charge in [0, 0.05) is 22.6 Å². The second-order valence-electron chi connectivity index (χ2n) is 6.25. The smallest absolute Gasteiger partial charge is 0.263 e. The van der Waals surface area contributed by atoms with Crippen molar-refractivity contribution in [1.29, 1.82) is 0 Å². The van der Waals surface area contributed by atoms with E-state index in [2.05, 4.69) is 20.8 Å². The molecule has 3 rings (SSSR count). The molecule has 3 aromatic rings. The maximum Gasteiger partial charge on any atom is 0.263 e. The van der Waals surface area contributed by atoms with Crippen molar-refractivity contribution in [2.24, 2.45) is 0 Å². The molecule has 1 heterocycles. The Morgan fingerprint density at radius 1 is 1.20 bits per heavy atom. The van der Waals surface area contributed by atoms with Gasteiger partial charge in [0.25, 0.3) is 5.91 Å². The molecule has 0 aliphatic carbocycles. The molecule has 0 radical (unpaired) electrons. The highest BCUT2D eigenvalue weighted by Crippen LogP contribution is 2.28. The number of rotatable bonds is 5. The Bertz CT molecular complexity index is 915. The average molecular weight is 401 g/mol. The van der Waals surface area contributed by atoms with Gasteiger partial charge in [-0.3, -0.25) is 9.36 Å². The summed E-state index contributed by atoms with van der Waals surface area (Å²) >= 11 is 3.48. The molecule has 1 aromatic heterocycles. The molecular formula is C20H21BrN2O2. The minimum absolute atomic E-state index is 0.0428. The quantitative estimate of drug-likeness (QED) is 0.643. The molecule has 0 aliphatic rings. The van der Waals surface area contributed by atoms with Crippen LogP contribution in [0.25, 0.3) is 10.9 Å². The summed E-state index contributed by atoms with van der Waals surface area (Å²) in [4.78, 5) is 15.2. The summed E-state index contributed by atoms with van der Waals surface area (Å²) in [6.07, 6.45) is 2.82. The highest BCUT2D eigenvalue weighted by Gasteiger charge is 2.17. The van der Waals surface area contributed by atoms with Crippen molar-refractivity contribution in [2.45, 2.75) is 6.42 Å². The summed E-state index contributed by atoms with van der Waals surface area (Å²) in [7, 11) is 5.75. The minimum atomic E-state index is -0.0428. The Balaban J connectivity index is 2.11. The van der Waals surface area contributed by atoms with Gasteiger partial charge in [0.15, 0.2) is 0 Å². The van der Waals surface area contributed by atoms with Crippen molar-refractivity contribution in [2.75, 3.05) is 27.7 Å². The minimum Gasteiger partial charge on any atom is -0.497 e. The fourth-order valence-electron chi connectivity index (χ4n) is 2.88. The van der Waals surface area contributed by atoms with Gasteiger partial charge in [-0.1, -0.05) is 12.1 Å². The van der Waals surface area contributed by atoms with Crippen molar-refractivity contribution in [1.82, 2.24) is 9.47 Å². The zero-order valence-electron chi connectivity index (χ0n) is 14.6. The number of hydrogen-bond donors (Lipinski definition) is 0. The Morgan fingerprint density at radius 2 is 1.96 bits per heavy atom. The fraction of sp³-hybridized carbons (Fsp3) is 0.250. The summed E-state index contributed by atoms with van der Waals surface area (Å²) in [6, 6.07) is 13.3. The molecule has 0 aliphatic heterocycles. The predicted molar refractivity (Wildman–Crippen MR) is 105 cm³/mol. The standard InChI is InChI=1S/C20H21BrN2O2/c1-22(2)11-10-14-13-23(19-9-8-15(25-3)12-17(14)19)20(24)16-6-4-5-7-18(16)21/h4-9,12-13H,10-11H2,1-3H3. The van der Waals surface area contributed by atoms with Crippen LogP contribution in [0.15, 0.2) is 53.1 Å². The lowest BCUT2D eigenvalue weighted by Crippen LogP contribution is -2.15. The number of methoxy groups -OCH3 is 1. The Kier molecular flexibility index (Phi) is 5.25. The second kappa shape index (κ2) is 7.42. The van der Waals surface area contributed by atoms with Crippen molar-refractivity contribution in [3.05, 3.63) is 64.3 Å². The first-order valence-electron chi connectivity index (χ1n) is 8.13. The third-order valence-corrected chi connectivity index (χ3v) is 4.94. The van der Waals surface area contributed by atoms with Crippen molar-refractivity contribution in [3.8, 4) is 5.75 Å². The number of nitrogens with zero attached hydrogens (tertiary/aromatic N) is 2. The first kappa shape index (κ1) is 17.7. The van der Waals surface area contributed by atoms with Crippen LogP contribution in [0.4, 0.5) is 0 Å². The lowest BCUT2D eigenvalue weighted by atomic mass is 10.1. The summed E-state index contributed by atoms with van der Waals surface area (Å²) in [5, 5.41) is 1.06. The van der Waals surface area contributed by atoms with Gasteiger partial charge in [0.2, 0.25) is 0 Å². The normalized spacial score (nSPS) is 11.2. The first-order chi connectivity index (χ1) is 12.0. The van der Waals surface area contributed by atoms with E-state index in [9.17, 15) is 4.79 Å². The lowest BCUT2D eigenvalue weighted by Gasteiger charge is -2.08. The number of hydrogen-bond acceptors (Lipinski definition) is 3. The monoisotopic (exact) mass is 400 g/mol. The van der Waals surface area contributed by atoms with E-state index in [1.807, 2.05) is 62.8 Å². The molecule has 0 N–H and O–H groups in total. The number of ether oxygens (including phenoxy) is 1. The van der Waals surface area contributed by atoms with Crippen molar-refractivity contribution >= 4 is 32.7 Å². The molecular weight excluding hydrogens is 380 g/mol. The highest BCUT2D eigenvalue weighted by molar-refractivity contribution is 9.10. The van der Waals surface area contributed by atoms with E-state index in [0.717, 1.165) is 39.7 Å². The predicted octanol–water partition coefficient (Wildman–Crippen LogP) is 4.21.